The predicted molar refractivity (Wildman–Crippen MR) is 69.5 cm³/mol. The van der Waals surface area contributed by atoms with Crippen molar-refractivity contribution in [3.05, 3.63) is 0 Å². The molecule has 0 rings (SSSR count). The van der Waals surface area contributed by atoms with Crippen LogP contribution in [0.25, 0.3) is 0 Å². The number of aliphatic hydroxyl groups excluding tert-OH is 1. The van der Waals surface area contributed by atoms with Gasteiger partial charge in [0.1, 0.15) is 0 Å². The molecular weight excluding hydrogens is 224 g/mol. The van der Waals surface area contributed by atoms with Crippen LogP contribution in [0.3, 0.4) is 0 Å². The maximum Gasteiger partial charge on any atom is 0.220 e. The molecule has 0 aromatic rings. The molecule has 0 aliphatic carbocycles. The minimum absolute atomic E-state index is 0.114. The molecule has 0 radical (unpaired) electrons. The Hall–Kier alpha value is -0.260. The molecule has 16 heavy (non-hydrogen) atoms. The van der Waals surface area contributed by atoms with E-state index in [2.05, 4.69) is 12.2 Å². The molecule has 0 fully saturated rings. The number of carbonyl (C=O) groups excluding carboxylic acids is 1. The number of amides is 1. The van der Waals surface area contributed by atoms with Gasteiger partial charge in [0.25, 0.3) is 0 Å². The number of carbonyl (C=O) groups is 1. The van der Waals surface area contributed by atoms with Gasteiger partial charge in [0.2, 0.25) is 5.91 Å². The molecule has 1 amide bonds. The molecule has 0 heterocycles. The Morgan fingerprint density at radius 2 is 2.25 bits per heavy atom. The van der Waals surface area contributed by atoms with Gasteiger partial charge in [0.05, 0.1) is 0 Å². The molecule has 1 unspecified atom stereocenters. The maximum absolute atomic E-state index is 11.4. The van der Waals surface area contributed by atoms with Gasteiger partial charge in [0, 0.05) is 25.3 Å². The van der Waals surface area contributed by atoms with Crippen LogP contribution < -0.4 is 11.1 Å². The van der Waals surface area contributed by atoms with Gasteiger partial charge >= 0.3 is 0 Å². The van der Waals surface area contributed by atoms with Crippen LogP contribution in [0.2, 0.25) is 0 Å². The molecular formula is C11H24N2O2S. The highest BCUT2D eigenvalue weighted by atomic mass is 32.2. The zero-order valence-electron chi connectivity index (χ0n) is 10.1. The Labute approximate surface area is 102 Å². The molecule has 0 aliphatic heterocycles. The van der Waals surface area contributed by atoms with Crippen molar-refractivity contribution < 1.29 is 9.90 Å². The largest absolute Gasteiger partial charge is 0.396 e. The van der Waals surface area contributed by atoms with Crippen molar-refractivity contribution in [3.8, 4) is 0 Å². The molecule has 4 nitrogen and oxygen atoms in total. The van der Waals surface area contributed by atoms with Gasteiger partial charge in [-0.15, -0.1) is 0 Å². The standard InChI is InChI=1S/C11H24N2O2S/c1-10(9-12)3-4-11(15)13-5-8-16-7-2-6-14/h10,14H,2-9,12H2,1H3,(H,13,15). The lowest BCUT2D eigenvalue weighted by atomic mass is 10.1. The molecule has 0 saturated heterocycles. The fraction of sp³-hybridized carbons (Fsp3) is 0.909. The summed E-state index contributed by atoms with van der Waals surface area (Å²) in [5.41, 5.74) is 5.47. The summed E-state index contributed by atoms with van der Waals surface area (Å²) in [7, 11) is 0. The van der Waals surface area contributed by atoms with Crippen molar-refractivity contribution in [2.24, 2.45) is 11.7 Å². The third-order valence-electron chi connectivity index (χ3n) is 2.28. The topological polar surface area (TPSA) is 75.4 Å². The van der Waals surface area contributed by atoms with E-state index in [1.807, 2.05) is 0 Å². The fourth-order valence-electron chi connectivity index (χ4n) is 1.12. The molecule has 0 spiro atoms. The van der Waals surface area contributed by atoms with Crippen molar-refractivity contribution >= 4 is 17.7 Å². The van der Waals surface area contributed by atoms with Gasteiger partial charge in [-0.05, 0) is 31.1 Å². The number of nitrogens with two attached hydrogens (primary N) is 1. The molecule has 4 N–H and O–H groups in total. The van der Waals surface area contributed by atoms with E-state index in [9.17, 15) is 4.79 Å². The SMILES string of the molecule is CC(CN)CCC(=O)NCCSCCCO. The summed E-state index contributed by atoms with van der Waals surface area (Å²) in [6.07, 6.45) is 2.26. The van der Waals surface area contributed by atoms with Crippen molar-refractivity contribution in [2.75, 3.05) is 31.2 Å². The van der Waals surface area contributed by atoms with Gasteiger partial charge in [-0.1, -0.05) is 6.92 Å². The van der Waals surface area contributed by atoms with Gasteiger partial charge < -0.3 is 16.2 Å². The van der Waals surface area contributed by atoms with Gasteiger partial charge in [-0.25, -0.2) is 0 Å². The van der Waals surface area contributed by atoms with Crippen LogP contribution >= 0.6 is 11.8 Å². The summed E-state index contributed by atoms with van der Waals surface area (Å²) in [5.74, 6) is 2.40. The highest BCUT2D eigenvalue weighted by molar-refractivity contribution is 7.99. The summed E-state index contributed by atoms with van der Waals surface area (Å²) >= 11 is 1.75. The number of rotatable bonds is 10. The minimum Gasteiger partial charge on any atom is -0.396 e. The zero-order valence-corrected chi connectivity index (χ0v) is 10.9. The van der Waals surface area contributed by atoms with E-state index in [-0.39, 0.29) is 12.5 Å². The van der Waals surface area contributed by atoms with E-state index in [4.69, 9.17) is 10.8 Å². The highest BCUT2D eigenvalue weighted by Crippen LogP contribution is 2.03. The number of thioether (sulfide) groups is 1. The van der Waals surface area contributed by atoms with Crippen LogP contribution in [0.5, 0.6) is 0 Å². The maximum atomic E-state index is 11.4. The second-order valence-corrected chi connectivity index (χ2v) is 5.14. The highest BCUT2D eigenvalue weighted by Gasteiger charge is 2.04. The normalized spacial score (nSPS) is 12.4. The van der Waals surface area contributed by atoms with Crippen LogP contribution in [0.1, 0.15) is 26.2 Å². The lowest BCUT2D eigenvalue weighted by molar-refractivity contribution is -0.121. The average Bonchev–Trinajstić information content (AvgIpc) is 2.30. The first-order valence-electron chi connectivity index (χ1n) is 5.86. The molecule has 0 aliphatic rings. The summed E-state index contributed by atoms with van der Waals surface area (Å²) in [6.45, 7) is 3.66. The number of hydrogen-bond acceptors (Lipinski definition) is 4. The van der Waals surface area contributed by atoms with Crippen molar-refractivity contribution in [3.63, 3.8) is 0 Å². The summed E-state index contributed by atoms with van der Waals surface area (Å²) in [5, 5.41) is 11.4. The molecule has 0 bridgehead atoms. The first-order chi connectivity index (χ1) is 7.70. The third kappa shape index (κ3) is 10.3. The van der Waals surface area contributed by atoms with Crippen LogP contribution in [0, 0.1) is 5.92 Å². The summed E-state index contributed by atoms with van der Waals surface area (Å²) < 4.78 is 0. The monoisotopic (exact) mass is 248 g/mol. The Morgan fingerprint density at radius 3 is 2.88 bits per heavy atom. The van der Waals surface area contributed by atoms with Crippen LogP contribution in [-0.4, -0.2) is 42.2 Å². The zero-order chi connectivity index (χ0) is 12.2. The van der Waals surface area contributed by atoms with E-state index in [0.717, 1.165) is 24.3 Å². The van der Waals surface area contributed by atoms with Crippen LogP contribution in [-0.2, 0) is 4.79 Å². The Morgan fingerprint density at radius 1 is 1.50 bits per heavy atom. The predicted octanol–water partition coefficient (Wildman–Crippen LogP) is 0.593. The summed E-state index contributed by atoms with van der Waals surface area (Å²) in [6, 6.07) is 0. The smallest absolute Gasteiger partial charge is 0.220 e. The Balaban J connectivity index is 3.24. The Bertz CT molecular complexity index is 179. The lowest BCUT2D eigenvalue weighted by Gasteiger charge is -2.08. The van der Waals surface area contributed by atoms with Gasteiger partial charge in [0.15, 0.2) is 0 Å². The third-order valence-corrected chi connectivity index (χ3v) is 3.35. The van der Waals surface area contributed by atoms with Crippen molar-refractivity contribution in [2.45, 2.75) is 26.2 Å². The van der Waals surface area contributed by atoms with Crippen LogP contribution in [0.15, 0.2) is 0 Å². The summed E-state index contributed by atoms with van der Waals surface area (Å²) in [4.78, 5) is 11.4. The number of nitrogens with one attached hydrogen (secondary N) is 1. The van der Waals surface area contributed by atoms with E-state index in [1.165, 1.54) is 0 Å². The number of hydrogen-bond donors (Lipinski definition) is 3. The second-order valence-electron chi connectivity index (χ2n) is 3.92. The van der Waals surface area contributed by atoms with Crippen molar-refractivity contribution in [1.29, 1.82) is 0 Å². The molecule has 0 aromatic heterocycles. The lowest BCUT2D eigenvalue weighted by Crippen LogP contribution is -2.26. The molecule has 0 saturated carbocycles. The van der Waals surface area contributed by atoms with E-state index in [1.54, 1.807) is 11.8 Å². The molecule has 0 aromatic carbocycles. The first kappa shape index (κ1) is 15.7. The molecule has 5 heteroatoms. The second kappa shape index (κ2) is 11.2. The van der Waals surface area contributed by atoms with E-state index >= 15 is 0 Å². The fourth-order valence-corrected chi connectivity index (χ4v) is 1.90. The quantitative estimate of drug-likeness (QED) is 0.495. The average molecular weight is 248 g/mol. The Kier molecular flexibility index (Phi) is 11.0. The number of aliphatic hydroxyl groups is 1. The van der Waals surface area contributed by atoms with E-state index in [0.29, 0.717) is 25.4 Å². The van der Waals surface area contributed by atoms with Crippen molar-refractivity contribution in [1.82, 2.24) is 5.32 Å². The molecule has 96 valence electrons. The van der Waals surface area contributed by atoms with E-state index < -0.39 is 0 Å². The molecule has 1 atom stereocenters. The van der Waals surface area contributed by atoms with Gasteiger partial charge in [-0.2, -0.15) is 11.8 Å². The van der Waals surface area contributed by atoms with Gasteiger partial charge in [-0.3, -0.25) is 4.79 Å². The minimum atomic E-state index is 0.114. The van der Waals surface area contributed by atoms with Crippen LogP contribution in [0.4, 0.5) is 0 Å². The first-order valence-corrected chi connectivity index (χ1v) is 7.01.